The van der Waals surface area contributed by atoms with Crippen molar-refractivity contribution in [2.24, 2.45) is 0 Å². The van der Waals surface area contributed by atoms with E-state index >= 15 is 0 Å². The molecule has 0 unspecified atom stereocenters. The molecule has 0 aliphatic heterocycles. The van der Waals surface area contributed by atoms with Gasteiger partial charge in [0.2, 0.25) is 0 Å². The van der Waals surface area contributed by atoms with Crippen LogP contribution in [0.25, 0.3) is 5.69 Å². The summed E-state index contributed by atoms with van der Waals surface area (Å²) in [6.07, 6.45) is -3.35. The van der Waals surface area contributed by atoms with Crippen LogP contribution in [0.2, 0.25) is 0 Å². The first-order chi connectivity index (χ1) is 12.6. The normalized spacial score (nSPS) is 12.1. The predicted molar refractivity (Wildman–Crippen MR) is 88.0 cm³/mol. The van der Waals surface area contributed by atoms with Crippen molar-refractivity contribution < 1.29 is 26.3 Å². The Kier molecular flexibility index (Phi) is 4.87. The molecule has 0 N–H and O–H groups in total. The molecule has 27 heavy (non-hydrogen) atoms. The van der Waals surface area contributed by atoms with Gasteiger partial charge in [0.1, 0.15) is 12.4 Å². The van der Waals surface area contributed by atoms with Crippen LogP contribution < -0.4 is 4.74 Å². The van der Waals surface area contributed by atoms with Crippen molar-refractivity contribution in [1.82, 2.24) is 20.2 Å². The molecule has 0 radical (unpaired) electrons. The fraction of sp³-hybridized carbons (Fsp3) is 0.188. The number of alkyl halides is 3. The summed E-state index contributed by atoms with van der Waals surface area (Å²) < 4.78 is 67.9. The maximum atomic E-state index is 12.7. The van der Waals surface area contributed by atoms with Gasteiger partial charge in [0.15, 0.2) is 15.7 Å². The average Bonchev–Trinajstić information content (AvgIpc) is 3.07. The summed E-state index contributed by atoms with van der Waals surface area (Å²) >= 11 is 0. The van der Waals surface area contributed by atoms with Crippen molar-refractivity contribution in [3.63, 3.8) is 0 Å². The van der Waals surface area contributed by atoms with Gasteiger partial charge in [-0.25, -0.2) is 8.42 Å². The average molecular weight is 398 g/mol. The molecule has 1 aromatic heterocycles. The van der Waals surface area contributed by atoms with Crippen molar-refractivity contribution in [3.05, 3.63) is 59.9 Å². The van der Waals surface area contributed by atoms with Crippen LogP contribution in [0.4, 0.5) is 13.2 Å². The molecule has 0 saturated carbocycles. The van der Waals surface area contributed by atoms with E-state index < -0.39 is 21.6 Å². The largest absolute Gasteiger partial charge is 0.485 e. The fourth-order valence-electron chi connectivity index (χ4n) is 2.23. The molecule has 0 aliphatic carbocycles. The third-order valence-corrected chi connectivity index (χ3v) is 4.69. The van der Waals surface area contributed by atoms with Gasteiger partial charge in [0.05, 0.1) is 16.1 Å². The van der Waals surface area contributed by atoms with Gasteiger partial charge in [0.25, 0.3) is 0 Å². The highest BCUT2D eigenvalue weighted by Gasteiger charge is 2.30. The van der Waals surface area contributed by atoms with Gasteiger partial charge in [0, 0.05) is 6.26 Å². The summed E-state index contributed by atoms with van der Waals surface area (Å²) in [6.45, 7) is -0.110. The number of aromatic nitrogens is 4. The van der Waals surface area contributed by atoms with E-state index in [9.17, 15) is 21.6 Å². The molecule has 0 saturated heterocycles. The van der Waals surface area contributed by atoms with Gasteiger partial charge in [-0.15, -0.1) is 5.10 Å². The quantitative estimate of drug-likeness (QED) is 0.657. The highest BCUT2D eigenvalue weighted by atomic mass is 32.2. The number of rotatable bonds is 5. The summed E-state index contributed by atoms with van der Waals surface area (Å²) in [6, 6.07) is 10.2. The lowest BCUT2D eigenvalue weighted by molar-refractivity contribution is -0.137. The summed E-state index contributed by atoms with van der Waals surface area (Å²) in [4.78, 5) is 0.0994. The van der Waals surface area contributed by atoms with Gasteiger partial charge in [-0.05, 0) is 52.9 Å². The van der Waals surface area contributed by atoms with Crippen molar-refractivity contribution in [2.45, 2.75) is 17.7 Å². The van der Waals surface area contributed by atoms with Crippen LogP contribution in [0.3, 0.4) is 0 Å². The first-order valence-corrected chi connectivity index (χ1v) is 9.41. The number of hydrogen-bond donors (Lipinski definition) is 0. The molecule has 0 amide bonds. The second-order valence-corrected chi connectivity index (χ2v) is 7.60. The van der Waals surface area contributed by atoms with E-state index in [0.29, 0.717) is 11.4 Å². The number of halogens is 3. The first-order valence-electron chi connectivity index (χ1n) is 7.52. The summed E-state index contributed by atoms with van der Waals surface area (Å²) in [7, 11) is -3.38. The third kappa shape index (κ3) is 4.42. The molecular formula is C16H13F3N4O3S. The lowest BCUT2D eigenvalue weighted by Crippen LogP contribution is -2.09. The minimum absolute atomic E-state index is 0.0994. The van der Waals surface area contributed by atoms with Crippen molar-refractivity contribution in [1.29, 1.82) is 0 Å². The molecule has 0 fully saturated rings. The van der Waals surface area contributed by atoms with Crippen LogP contribution in [-0.2, 0) is 22.6 Å². The van der Waals surface area contributed by atoms with Crippen molar-refractivity contribution in [2.75, 3.05) is 6.26 Å². The standard InChI is InChI=1S/C16H13F3N4O3S/c1-27(24,25)14-4-2-3-13(9-14)26-10-15-20-21-22-23(15)12-7-5-11(6-8-12)16(17,18)19/h2-9H,10H2,1H3. The molecule has 142 valence electrons. The van der Waals surface area contributed by atoms with E-state index in [1.54, 1.807) is 6.07 Å². The second-order valence-electron chi connectivity index (χ2n) is 5.59. The zero-order valence-electron chi connectivity index (χ0n) is 13.9. The van der Waals surface area contributed by atoms with Crippen LogP contribution >= 0.6 is 0 Å². The maximum Gasteiger partial charge on any atom is 0.416 e. The lowest BCUT2D eigenvalue weighted by Gasteiger charge is -2.09. The number of nitrogens with zero attached hydrogens (tertiary/aromatic N) is 4. The molecule has 2 aromatic carbocycles. The van der Waals surface area contributed by atoms with E-state index in [2.05, 4.69) is 15.5 Å². The first kappa shape index (κ1) is 18.8. The molecule has 0 spiro atoms. The molecule has 0 aliphatic rings. The van der Waals surface area contributed by atoms with Gasteiger partial charge in [-0.2, -0.15) is 17.9 Å². The van der Waals surface area contributed by atoms with Crippen LogP contribution in [0.15, 0.2) is 53.4 Å². The zero-order valence-corrected chi connectivity index (χ0v) is 14.7. The van der Waals surface area contributed by atoms with Crippen LogP contribution in [0.1, 0.15) is 11.4 Å². The Morgan fingerprint density at radius 2 is 1.81 bits per heavy atom. The Morgan fingerprint density at radius 3 is 2.44 bits per heavy atom. The van der Waals surface area contributed by atoms with Crippen LogP contribution in [0, 0.1) is 0 Å². The Labute approximate surface area is 152 Å². The number of tetrazole rings is 1. The van der Waals surface area contributed by atoms with Crippen molar-refractivity contribution in [3.8, 4) is 11.4 Å². The van der Waals surface area contributed by atoms with E-state index in [-0.39, 0.29) is 17.3 Å². The monoisotopic (exact) mass is 398 g/mol. The highest BCUT2D eigenvalue weighted by Crippen LogP contribution is 2.29. The van der Waals surface area contributed by atoms with E-state index in [1.165, 1.54) is 35.0 Å². The van der Waals surface area contributed by atoms with E-state index in [0.717, 1.165) is 18.4 Å². The van der Waals surface area contributed by atoms with E-state index in [1.807, 2.05) is 0 Å². The maximum absolute atomic E-state index is 12.7. The number of hydrogen-bond acceptors (Lipinski definition) is 6. The van der Waals surface area contributed by atoms with Crippen LogP contribution in [0.5, 0.6) is 5.75 Å². The second kappa shape index (κ2) is 6.99. The lowest BCUT2D eigenvalue weighted by atomic mass is 10.2. The van der Waals surface area contributed by atoms with Crippen molar-refractivity contribution >= 4 is 9.84 Å². The summed E-state index contributed by atoms with van der Waals surface area (Å²) in [5.74, 6) is 0.527. The Morgan fingerprint density at radius 1 is 1.11 bits per heavy atom. The Hall–Kier alpha value is -2.95. The molecule has 3 aromatic rings. The Bertz CT molecular complexity index is 1050. The number of ether oxygens (including phenoxy) is 1. The van der Waals surface area contributed by atoms with E-state index in [4.69, 9.17) is 4.74 Å². The van der Waals surface area contributed by atoms with Gasteiger partial charge in [-0.1, -0.05) is 6.07 Å². The van der Waals surface area contributed by atoms with Gasteiger partial charge in [-0.3, -0.25) is 0 Å². The molecule has 0 bridgehead atoms. The minimum Gasteiger partial charge on any atom is -0.485 e. The van der Waals surface area contributed by atoms with Crippen LogP contribution in [-0.4, -0.2) is 34.9 Å². The fourth-order valence-corrected chi connectivity index (χ4v) is 2.89. The van der Waals surface area contributed by atoms with Gasteiger partial charge < -0.3 is 4.74 Å². The topological polar surface area (TPSA) is 87.0 Å². The number of sulfone groups is 1. The molecule has 0 atom stereocenters. The predicted octanol–water partition coefficient (Wildman–Crippen LogP) is 2.66. The molecular weight excluding hydrogens is 385 g/mol. The molecule has 7 nitrogen and oxygen atoms in total. The smallest absolute Gasteiger partial charge is 0.416 e. The molecule has 3 rings (SSSR count). The SMILES string of the molecule is CS(=O)(=O)c1cccc(OCc2nnnn2-c2ccc(C(F)(F)F)cc2)c1. The summed E-state index contributed by atoms with van der Waals surface area (Å²) in [5, 5.41) is 11.0. The molecule has 11 heteroatoms. The minimum atomic E-state index is -4.43. The summed E-state index contributed by atoms with van der Waals surface area (Å²) in [5.41, 5.74) is -0.453. The molecule has 1 heterocycles. The highest BCUT2D eigenvalue weighted by molar-refractivity contribution is 7.90. The Balaban J connectivity index is 1.78. The number of benzene rings is 2. The van der Waals surface area contributed by atoms with Gasteiger partial charge >= 0.3 is 6.18 Å². The zero-order chi connectivity index (χ0) is 19.7. The third-order valence-electron chi connectivity index (χ3n) is 3.57.